The number of aromatic nitrogens is 4. The van der Waals surface area contributed by atoms with E-state index in [4.69, 9.17) is 11.5 Å². The third kappa shape index (κ3) is 3.02. The molecule has 0 radical (unpaired) electrons. The first-order valence-electron chi connectivity index (χ1n) is 8.72. The molecular weight excluding hydrogens is 314 g/mol. The van der Waals surface area contributed by atoms with Gasteiger partial charge >= 0.3 is 0 Å². The average molecular weight is 337 g/mol. The Kier molecular flexibility index (Phi) is 4.01. The van der Waals surface area contributed by atoms with Gasteiger partial charge in [0.25, 0.3) is 0 Å². The van der Waals surface area contributed by atoms with E-state index in [1.54, 1.807) is 10.7 Å². The number of anilines is 3. The van der Waals surface area contributed by atoms with Crippen LogP contribution < -0.4 is 16.8 Å². The van der Waals surface area contributed by atoms with Crippen molar-refractivity contribution in [2.45, 2.75) is 44.6 Å². The molecule has 7 heteroatoms. The Labute approximate surface area is 146 Å². The van der Waals surface area contributed by atoms with Crippen molar-refractivity contribution in [2.75, 3.05) is 11.1 Å². The number of aryl methyl sites for hydroxylation is 1. The van der Waals surface area contributed by atoms with E-state index < -0.39 is 0 Å². The maximum Gasteiger partial charge on any atom is 0.247 e. The molecular formula is C18H23N7. The standard InChI is InChI=1S/C18H23N7/c1-11-5-4-6-12(9-11)22-18-23-17-16(20)21-10-15(25(17)24-18)13-7-2-3-8-14(13)19/h4-6,9-10,13-14H,2-3,7-8,19H2,1H3,(H2,20,21)(H,22,24). The summed E-state index contributed by atoms with van der Waals surface area (Å²) in [5.41, 5.74) is 16.1. The fourth-order valence-corrected chi connectivity index (χ4v) is 3.59. The fourth-order valence-electron chi connectivity index (χ4n) is 3.59. The topological polar surface area (TPSA) is 107 Å². The van der Waals surface area contributed by atoms with Crippen molar-refractivity contribution >= 4 is 23.1 Å². The molecule has 1 aliphatic rings. The second-order valence-corrected chi connectivity index (χ2v) is 6.79. The van der Waals surface area contributed by atoms with Crippen molar-refractivity contribution in [3.8, 4) is 0 Å². The van der Waals surface area contributed by atoms with Gasteiger partial charge in [-0.25, -0.2) is 9.50 Å². The molecule has 130 valence electrons. The largest absolute Gasteiger partial charge is 0.381 e. The summed E-state index contributed by atoms with van der Waals surface area (Å²) in [6.45, 7) is 2.05. The van der Waals surface area contributed by atoms with Crippen molar-refractivity contribution in [1.82, 2.24) is 19.6 Å². The second-order valence-electron chi connectivity index (χ2n) is 6.79. The van der Waals surface area contributed by atoms with Gasteiger partial charge in [-0.2, -0.15) is 4.98 Å². The molecule has 1 aliphatic carbocycles. The maximum absolute atomic E-state index is 6.35. The summed E-state index contributed by atoms with van der Waals surface area (Å²) in [4.78, 5) is 8.85. The number of hydrogen-bond acceptors (Lipinski definition) is 6. The van der Waals surface area contributed by atoms with Crippen molar-refractivity contribution in [3.63, 3.8) is 0 Å². The number of nitrogen functional groups attached to an aromatic ring is 1. The summed E-state index contributed by atoms with van der Waals surface area (Å²) in [6, 6.07) is 8.20. The van der Waals surface area contributed by atoms with Crippen LogP contribution in [-0.2, 0) is 0 Å². The normalized spacial score (nSPS) is 20.7. The van der Waals surface area contributed by atoms with Gasteiger partial charge in [0, 0.05) is 17.6 Å². The predicted molar refractivity (Wildman–Crippen MR) is 98.8 cm³/mol. The average Bonchev–Trinajstić information content (AvgIpc) is 3.01. The number of rotatable bonds is 3. The summed E-state index contributed by atoms with van der Waals surface area (Å²) in [6.07, 6.45) is 6.22. The minimum absolute atomic E-state index is 0.125. The molecule has 0 aliphatic heterocycles. The van der Waals surface area contributed by atoms with E-state index in [9.17, 15) is 0 Å². The molecule has 4 rings (SSSR count). The van der Waals surface area contributed by atoms with Gasteiger partial charge in [-0.1, -0.05) is 25.0 Å². The third-order valence-corrected chi connectivity index (χ3v) is 4.89. The van der Waals surface area contributed by atoms with Crippen molar-refractivity contribution < 1.29 is 0 Å². The summed E-state index contributed by atoms with van der Waals surface area (Å²) < 4.78 is 1.80. The molecule has 1 aromatic carbocycles. The zero-order valence-electron chi connectivity index (χ0n) is 14.3. The van der Waals surface area contributed by atoms with Crippen LogP contribution in [0.3, 0.4) is 0 Å². The van der Waals surface area contributed by atoms with Gasteiger partial charge in [0.15, 0.2) is 11.5 Å². The van der Waals surface area contributed by atoms with E-state index in [0.29, 0.717) is 17.4 Å². The van der Waals surface area contributed by atoms with E-state index >= 15 is 0 Å². The van der Waals surface area contributed by atoms with Crippen LogP contribution in [-0.4, -0.2) is 25.6 Å². The highest BCUT2D eigenvalue weighted by Crippen LogP contribution is 2.32. The quantitative estimate of drug-likeness (QED) is 0.678. The minimum atomic E-state index is 0.125. The monoisotopic (exact) mass is 337 g/mol. The summed E-state index contributed by atoms with van der Waals surface area (Å²) in [7, 11) is 0. The maximum atomic E-state index is 6.35. The Morgan fingerprint density at radius 2 is 2.08 bits per heavy atom. The molecule has 2 heterocycles. The van der Waals surface area contributed by atoms with Crippen molar-refractivity contribution in [2.24, 2.45) is 5.73 Å². The molecule has 2 atom stereocenters. The van der Waals surface area contributed by atoms with Gasteiger partial charge in [-0.05, 0) is 37.5 Å². The Balaban J connectivity index is 1.74. The van der Waals surface area contributed by atoms with Gasteiger partial charge in [-0.3, -0.25) is 0 Å². The van der Waals surface area contributed by atoms with Crippen LogP contribution in [0.1, 0.15) is 42.9 Å². The zero-order valence-corrected chi connectivity index (χ0v) is 14.3. The number of nitrogens with one attached hydrogen (secondary N) is 1. The molecule has 7 nitrogen and oxygen atoms in total. The van der Waals surface area contributed by atoms with Gasteiger partial charge in [0.2, 0.25) is 5.95 Å². The molecule has 2 aromatic heterocycles. The highest BCUT2D eigenvalue weighted by molar-refractivity contribution is 5.64. The van der Waals surface area contributed by atoms with E-state index in [-0.39, 0.29) is 12.0 Å². The third-order valence-electron chi connectivity index (χ3n) is 4.89. The van der Waals surface area contributed by atoms with E-state index in [1.165, 1.54) is 18.4 Å². The molecule has 2 unspecified atom stereocenters. The molecule has 3 aromatic rings. The number of nitrogens with zero attached hydrogens (tertiary/aromatic N) is 4. The van der Waals surface area contributed by atoms with E-state index in [1.807, 2.05) is 31.2 Å². The van der Waals surface area contributed by atoms with Gasteiger partial charge in [-0.15, -0.1) is 5.10 Å². The summed E-state index contributed by atoms with van der Waals surface area (Å²) in [5.74, 6) is 1.12. The van der Waals surface area contributed by atoms with E-state index in [0.717, 1.165) is 24.2 Å². The minimum Gasteiger partial charge on any atom is -0.381 e. The number of hydrogen-bond donors (Lipinski definition) is 3. The highest BCUT2D eigenvalue weighted by atomic mass is 15.4. The van der Waals surface area contributed by atoms with Crippen LogP contribution in [0.15, 0.2) is 30.5 Å². The van der Waals surface area contributed by atoms with Gasteiger partial charge < -0.3 is 16.8 Å². The van der Waals surface area contributed by atoms with Crippen LogP contribution in [0.5, 0.6) is 0 Å². The lowest BCUT2D eigenvalue weighted by Crippen LogP contribution is -2.32. The number of fused-ring (bicyclic) bond motifs is 1. The molecule has 25 heavy (non-hydrogen) atoms. The molecule has 0 amide bonds. The van der Waals surface area contributed by atoms with Crippen LogP contribution in [0.25, 0.3) is 5.65 Å². The lowest BCUT2D eigenvalue weighted by atomic mass is 9.83. The molecule has 0 saturated heterocycles. The Morgan fingerprint density at radius 3 is 2.88 bits per heavy atom. The summed E-state index contributed by atoms with van der Waals surface area (Å²) in [5, 5.41) is 7.87. The Bertz CT molecular complexity index is 902. The SMILES string of the molecule is Cc1cccc(Nc2nc3c(N)ncc(C4CCCCC4N)n3n2)c1. The molecule has 5 N–H and O–H groups in total. The van der Waals surface area contributed by atoms with Crippen molar-refractivity contribution in [1.29, 1.82) is 0 Å². The molecule has 1 fully saturated rings. The number of benzene rings is 1. The van der Waals surface area contributed by atoms with Crippen LogP contribution >= 0.6 is 0 Å². The molecule has 0 bridgehead atoms. The van der Waals surface area contributed by atoms with Crippen LogP contribution in [0, 0.1) is 6.92 Å². The van der Waals surface area contributed by atoms with Crippen LogP contribution in [0.4, 0.5) is 17.5 Å². The smallest absolute Gasteiger partial charge is 0.247 e. The highest BCUT2D eigenvalue weighted by Gasteiger charge is 2.27. The molecule has 0 spiro atoms. The van der Waals surface area contributed by atoms with Gasteiger partial charge in [0.1, 0.15) is 0 Å². The fraction of sp³-hybridized carbons (Fsp3) is 0.389. The zero-order chi connectivity index (χ0) is 17.4. The first-order valence-corrected chi connectivity index (χ1v) is 8.72. The lowest BCUT2D eigenvalue weighted by molar-refractivity contribution is 0.374. The lowest BCUT2D eigenvalue weighted by Gasteiger charge is -2.28. The first kappa shape index (κ1) is 15.8. The summed E-state index contributed by atoms with van der Waals surface area (Å²) >= 11 is 0. The Morgan fingerprint density at radius 1 is 1.24 bits per heavy atom. The van der Waals surface area contributed by atoms with E-state index in [2.05, 4.69) is 20.4 Å². The second kappa shape index (κ2) is 6.33. The number of nitrogens with two attached hydrogens (primary N) is 2. The first-order chi connectivity index (χ1) is 12.1. The predicted octanol–water partition coefficient (Wildman–Crippen LogP) is 2.74. The molecule has 1 saturated carbocycles. The van der Waals surface area contributed by atoms with Crippen molar-refractivity contribution in [3.05, 3.63) is 41.7 Å². The van der Waals surface area contributed by atoms with Crippen LogP contribution in [0.2, 0.25) is 0 Å². The Hall–Kier alpha value is -2.67. The van der Waals surface area contributed by atoms with Gasteiger partial charge in [0.05, 0.1) is 11.9 Å².